The molecule has 3 N–H and O–H groups in total. The molecule has 5 heteroatoms. The number of primary amides is 1. The van der Waals surface area contributed by atoms with Gasteiger partial charge in [-0.15, -0.1) is 0 Å². The Morgan fingerprint density at radius 3 is 2.43 bits per heavy atom. The highest BCUT2D eigenvalue weighted by Gasteiger charge is 2.39. The number of carbonyl (C=O) groups is 2. The summed E-state index contributed by atoms with van der Waals surface area (Å²) < 4.78 is 5.88. The summed E-state index contributed by atoms with van der Waals surface area (Å²) in [5.74, 6) is -1.78. The fraction of sp³-hybridized carbons (Fsp3) is 0.625. The Morgan fingerprint density at radius 1 is 1.38 bits per heavy atom. The highest BCUT2D eigenvalue weighted by molar-refractivity contribution is 6.34. The van der Waals surface area contributed by atoms with E-state index in [9.17, 15) is 9.59 Å². The van der Waals surface area contributed by atoms with E-state index in [1.54, 1.807) is 0 Å². The molecule has 21 heavy (non-hydrogen) atoms. The van der Waals surface area contributed by atoms with Crippen molar-refractivity contribution in [2.24, 2.45) is 11.1 Å². The van der Waals surface area contributed by atoms with Gasteiger partial charge in [0.25, 0.3) is 0 Å². The number of nitrogens with one attached hydrogen (secondary N) is 1. The van der Waals surface area contributed by atoms with Crippen LogP contribution < -0.4 is 11.1 Å². The van der Waals surface area contributed by atoms with Crippen molar-refractivity contribution < 1.29 is 14.3 Å². The summed E-state index contributed by atoms with van der Waals surface area (Å²) in [6, 6.07) is -0.415. The molecule has 0 aromatic heterocycles. The van der Waals surface area contributed by atoms with Crippen LogP contribution in [-0.2, 0) is 14.3 Å². The second-order valence-corrected chi connectivity index (χ2v) is 6.26. The molecule has 0 spiro atoms. The van der Waals surface area contributed by atoms with Crippen LogP contribution in [0.25, 0.3) is 0 Å². The zero-order valence-corrected chi connectivity index (χ0v) is 13.5. The first kappa shape index (κ1) is 17.4. The number of allylic oxidation sites excluding steroid dienone is 2. The smallest absolute Gasteiger partial charge is 0.309 e. The van der Waals surface area contributed by atoms with Crippen LogP contribution in [0.3, 0.4) is 0 Å². The number of amides is 2. The molecule has 118 valence electrons. The molecule has 0 radical (unpaired) electrons. The minimum Gasteiger partial charge on any atom is -0.369 e. The number of rotatable bonds is 4. The Kier molecular flexibility index (Phi) is 5.34. The van der Waals surface area contributed by atoms with Gasteiger partial charge in [0.2, 0.25) is 0 Å². The average Bonchev–Trinajstić information content (AvgIpc) is 2.39. The first-order valence-corrected chi connectivity index (χ1v) is 7.32. The minimum atomic E-state index is -0.989. The molecule has 0 saturated heterocycles. The van der Waals surface area contributed by atoms with E-state index in [2.05, 4.69) is 26.1 Å². The fourth-order valence-electron chi connectivity index (χ4n) is 2.43. The fourth-order valence-corrected chi connectivity index (χ4v) is 2.43. The maximum absolute atomic E-state index is 11.7. The third-order valence-electron chi connectivity index (χ3n) is 3.76. The third kappa shape index (κ3) is 3.94. The van der Waals surface area contributed by atoms with E-state index in [0.717, 1.165) is 5.57 Å². The Morgan fingerprint density at radius 2 is 2.00 bits per heavy atom. The lowest BCUT2D eigenvalue weighted by atomic mass is 9.77. The van der Waals surface area contributed by atoms with Gasteiger partial charge in [0.1, 0.15) is 5.60 Å². The molecule has 0 heterocycles. The van der Waals surface area contributed by atoms with Crippen LogP contribution in [-0.4, -0.2) is 30.1 Å². The van der Waals surface area contributed by atoms with Gasteiger partial charge in [0, 0.05) is 6.61 Å². The van der Waals surface area contributed by atoms with Crippen LogP contribution in [0.4, 0.5) is 0 Å². The van der Waals surface area contributed by atoms with Crippen LogP contribution >= 0.6 is 0 Å². The molecule has 0 aliphatic heterocycles. The molecular formula is C16H26N2O3. The van der Waals surface area contributed by atoms with Crippen molar-refractivity contribution in [3.63, 3.8) is 0 Å². The molecular weight excluding hydrogens is 268 g/mol. The van der Waals surface area contributed by atoms with E-state index in [1.807, 2.05) is 32.1 Å². The Balaban J connectivity index is 3.17. The number of nitrogens with two attached hydrogens (primary N) is 1. The van der Waals surface area contributed by atoms with Gasteiger partial charge < -0.3 is 15.8 Å². The van der Waals surface area contributed by atoms with Gasteiger partial charge in [-0.2, -0.15) is 0 Å². The normalized spacial score (nSPS) is 25.4. The largest absolute Gasteiger partial charge is 0.369 e. The molecule has 2 amide bonds. The van der Waals surface area contributed by atoms with E-state index < -0.39 is 23.5 Å². The van der Waals surface area contributed by atoms with Crippen LogP contribution in [0.15, 0.2) is 23.8 Å². The van der Waals surface area contributed by atoms with E-state index in [4.69, 9.17) is 10.5 Å². The van der Waals surface area contributed by atoms with Crippen LogP contribution in [0, 0.1) is 5.41 Å². The van der Waals surface area contributed by atoms with Crippen LogP contribution in [0.1, 0.15) is 41.0 Å². The summed E-state index contributed by atoms with van der Waals surface area (Å²) in [6.07, 6.45) is 6.64. The van der Waals surface area contributed by atoms with Crippen molar-refractivity contribution in [2.75, 3.05) is 6.61 Å². The molecule has 0 bridgehead atoms. The zero-order chi connectivity index (χ0) is 16.3. The quantitative estimate of drug-likeness (QED) is 0.774. The monoisotopic (exact) mass is 294 g/mol. The number of hydrogen-bond acceptors (Lipinski definition) is 3. The molecule has 5 nitrogen and oxygen atoms in total. The molecule has 0 saturated carbocycles. The van der Waals surface area contributed by atoms with Crippen molar-refractivity contribution in [1.82, 2.24) is 5.32 Å². The van der Waals surface area contributed by atoms with Crippen LogP contribution in [0.5, 0.6) is 0 Å². The van der Waals surface area contributed by atoms with Crippen molar-refractivity contribution in [1.29, 1.82) is 0 Å². The van der Waals surface area contributed by atoms with Gasteiger partial charge in [-0.05, 0) is 24.3 Å². The molecule has 2 atom stereocenters. The van der Waals surface area contributed by atoms with Gasteiger partial charge in [-0.3, -0.25) is 9.59 Å². The van der Waals surface area contributed by atoms with Gasteiger partial charge in [0.05, 0.1) is 6.04 Å². The Bertz CT molecular complexity index is 474. The average molecular weight is 294 g/mol. The molecule has 0 aromatic carbocycles. The van der Waals surface area contributed by atoms with Crippen molar-refractivity contribution >= 4 is 11.8 Å². The maximum atomic E-state index is 11.7. The number of hydrogen-bond donors (Lipinski definition) is 2. The van der Waals surface area contributed by atoms with Gasteiger partial charge in [-0.25, -0.2) is 0 Å². The molecule has 0 aromatic rings. The molecule has 0 fully saturated rings. The standard InChI is InChI=1S/C16H26N2O3/c1-6-16(21-7-2)9-8-11(15(3,4)5)10-12(16)18-14(20)13(17)19/h8-10,12H,6-7H2,1-5H3,(H2,17,19)(H,18,20). The number of carbonyl (C=O) groups excluding carboxylic acids is 2. The summed E-state index contributed by atoms with van der Waals surface area (Å²) >= 11 is 0. The number of ether oxygens (including phenoxy) is 1. The predicted octanol–water partition coefficient (Wildman–Crippen LogP) is 1.68. The van der Waals surface area contributed by atoms with E-state index in [0.29, 0.717) is 13.0 Å². The zero-order valence-electron chi connectivity index (χ0n) is 13.5. The second kappa shape index (κ2) is 6.43. The van der Waals surface area contributed by atoms with Crippen LogP contribution in [0.2, 0.25) is 0 Å². The summed E-state index contributed by atoms with van der Waals surface area (Å²) in [5, 5.41) is 2.68. The molecule has 1 aliphatic rings. The van der Waals surface area contributed by atoms with Crippen molar-refractivity contribution in [2.45, 2.75) is 52.7 Å². The lowest BCUT2D eigenvalue weighted by Gasteiger charge is -2.40. The van der Waals surface area contributed by atoms with Gasteiger partial charge in [-0.1, -0.05) is 45.9 Å². The molecule has 1 rings (SSSR count). The van der Waals surface area contributed by atoms with E-state index in [-0.39, 0.29) is 5.41 Å². The lowest BCUT2D eigenvalue weighted by molar-refractivity contribution is -0.138. The van der Waals surface area contributed by atoms with Crippen molar-refractivity contribution in [3.8, 4) is 0 Å². The summed E-state index contributed by atoms with van der Waals surface area (Å²) in [4.78, 5) is 22.7. The van der Waals surface area contributed by atoms with E-state index >= 15 is 0 Å². The lowest BCUT2D eigenvalue weighted by Crippen LogP contribution is -2.55. The molecule has 2 unspecified atom stereocenters. The minimum absolute atomic E-state index is 0.0572. The third-order valence-corrected chi connectivity index (χ3v) is 3.76. The highest BCUT2D eigenvalue weighted by Crippen LogP contribution is 2.35. The van der Waals surface area contributed by atoms with Crippen molar-refractivity contribution in [3.05, 3.63) is 23.8 Å². The van der Waals surface area contributed by atoms with E-state index in [1.165, 1.54) is 0 Å². The summed E-state index contributed by atoms with van der Waals surface area (Å²) in [7, 11) is 0. The maximum Gasteiger partial charge on any atom is 0.309 e. The predicted molar refractivity (Wildman–Crippen MR) is 82.5 cm³/mol. The first-order valence-electron chi connectivity index (χ1n) is 7.32. The second-order valence-electron chi connectivity index (χ2n) is 6.26. The van der Waals surface area contributed by atoms with Gasteiger partial charge in [0.15, 0.2) is 0 Å². The SMILES string of the molecule is CCOC1(CC)C=CC(C(C)(C)C)=CC1NC(=O)C(N)=O. The summed E-state index contributed by atoms with van der Waals surface area (Å²) in [5.41, 5.74) is 5.43. The molecule has 1 aliphatic carbocycles. The topological polar surface area (TPSA) is 81.4 Å². The Labute approximate surface area is 126 Å². The highest BCUT2D eigenvalue weighted by atomic mass is 16.5. The Hall–Kier alpha value is -1.62. The van der Waals surface area contributed by atoms with Gasteiger partial charge >= 0.3 is 11.8 Å². The first-order chi connectivity index (χ1) is 9.66. The summed E-state index contributed by atoms with van der Waals surface area (Å²) in [6.45, 7) is 10.7.